The molecule has 1 saturated heterocycles. The lowest BCUT2D eigenvalue weighted by atomic mass is 10.2. The van der Waals surface area contributed by atoms with Gasteiger partial charge < -0.3 is 24.8 Å². The van der Waals surface area contributed by atoms with Crippen molar-refractivity contribution >= 4 is 23.0 Å². The van der Waals surface area contributed by atoms with E-state index in [9.17, 15) is 10.1 Å². The van der Waals surface area contributed by atoms with Crippen LogP contribution in [0.15, 0.2) is 24.5 Å². The van der Waals surface area contributed by atoms with Gasteiger partial charge in [0.25, 0.3) is 0 Å². The molecule has 0 aliphatic carbocycles. The second kappa shape index (κ2) is 8.49. The predicted octanol–water partition coefficient (Wildman–Crippen LogP) is 2.74. The van der Waals surface area contributed by atoms with Gasteiger partial charge in [-0.3, -0.25) is 10.1 Å². The molecule has 1 aromatic heterocycles. The molecule has 27 heavy (non-hydrogen) atoms. The van der Waals surface area contributed by atoms with E-state index in [0.717, 1.165) is 12.8 Å². The number of aromatic nitrogens is 2. The lowest BCUT2D eigenvalue weighted by molar-refractivity contribution is -0.383. The van der Waals surface area contributed by atoms with Crippen LogP contribution in [-0.4, -0.2) is 48.4 Å². The molecule has 2 heterocycles. The quantitative estimate of drug-likeness (QED) is 0.530. The second-order valence-electron chi connectivity index (χ2n) is 5.88. The van der Waals surface area contributed by atoms with Crippen molar-refractivity contribution in [2.24, 2.45) is 0 Å². The van der Waals surface area contributed by atoms with Crippen LogP contribution in [0, 0.1) is 10.1 Å². The zero-order chi connectivity index (χ0) is 19.2. The molecule has 0 amide bonds. The zero-order valence-electron chi connectivity index (χ0n) is 15.1. The lowest BCUT2D eigenvalue weighted by Crippen LogP contribution is -2.20. The van der Waals surface area contributed by atoms with Crippen LogP contribution in [-0.2, 0) is 4.74 Å². The summed E-state index contributed by atoms with van der Waals surface area (Å²) in [5.74, 6) is 1.28. The molecule has 0 radical (unpaired) electrons. The van der Waals surface area contributed by atoms with Gasteiger partial charge in [0.1, 0.15) is 17.8 Å². The van der Waals surface area contributed by atoms with Crippen molar-refractivity contribution in [3.05, 3.63) is 34.6 Å². The van der Waals surface area contributed by atoms with Crippen LogP contribution in [0.5, 0.6) is 11.5 Å². The van der Waals surface area contributed by atoms with E-state index < -0.39 is 4.92 Å². The van der Waals surface area contributed by atoms with E-state index in [0.29, 0.717) is 30.3 Å². The van der Waals surface area contributed by atoms with Gasteiger partial charge in [0.15, 0.2) is 0 Å². The van der Waals surface area contributed by atoms with E-state index >= 15 is 0 Å². The molecule has 10 heteroatoms. The number of hydrogen-bond donors (Lipinski definition) is 2. The molecular weight excluding hydrogens is 354 g/mol. The first-order valence-electron chi connectivity index (χ1n) is 8.46. The molecule has 0 bridgehead atoms. The topological polar surface area (TPSA) is 121 Å². The number of nitrogens with zero attached hydrogens (tertiary/aromatic N) is 3. The molecule has 1 aliphatic rings. The second-order valence-corrected chi connectivity index (χ2v) is 5.88. The van der Waals surface area contributed by atoms with Gasteiger partial charge >= 0.3 is 5.69 Å². The minimum absolute atomic E-state index is 0.0256. The van der Waals surface area contributed by atoms with Gasteiger partial charge in [0.2, 0.25) is 11.6 Å². The summed E-state index contributed by atoms with van der Waals surface area (Å²) in [7, 11) is 3.05. The molecule has 10 nitrogen and oxygen atoms in total. The fourth-order valence-corrected chi connectivity index (χ4v) is 2.82. The van der Waals surface area contributed by atoms with Crippen LogP contribution < -0.4 is 20.1 Å². The Labute approximate surface area is 156 Å². The van der Waals surface area contributed by atoms with Gasteiger partial charge in [-0.05, 0) is 25.0 Å². The number of nitro groups is 1. The fraction of sp³-hybridized carbons (Fsp3) is 0.412. The Bertz CT molecular complexity index is 810. The van der Waals surface area contributed by atoms with Crippen LogP contribution in [0.1, 0.15) is 12.8 Å². The molecule has 2 aromatic rings. The van der Waals surface area contributed by atoms with Crippen molar-refractivity contribution in [2.45, 2.75) is 18.9 Å². The molecule has 1 atom stereocenters. The van der Waals surface area contributed by atoms with E-state index in [-0.39, 0.29) is 23.4 Å². The lowest BCUT2D eigenvalue weighted by Gasteiger charge is -2.14. The smallest absolute Gasteiger partial charge is 0.353 e. The maximum Gasteiger partial charge on any atom is 0.353 e. The number of nitrogens with one attached hydrogen (secondary N) is 2. The molecule has 144 valence electrons. The molecular formula is C17H21N5O5. The summed E-state index contributed by atoms with van der Waals surface area (Å²) in [6, 6.07) is 5.09. The van der Waals surface area contributed by atoms with Gasteiger partial charge in [-0.2, -0.15) is 0 Å². The average molecular weight is 375 g/mol. The van der Waals surface area contributed by atoms with Crippen LogP contribution in [0.2, 0.25) is 0 Å². The molecule has 0 spiro atoms. The van der Waals surface area contributed by atoms with Crippen molar-refractivity contribution < 1.29 is 19.1 Å². The summed E-state index contributed by atoms with van der Waals surface area (Å²) >= 11 is 0. The minimum atomic E-state index is -0.518. The van der Waals surface area contributed by atoms with Crippen LogP contribution in [0.4, 0.5) is 23.0 Å². The highest BCUT2D eigenvalue weighted by Crippen LogP contribution is 2.36. The standard InChI is InChI=1S/C17H21N5O5/c1-25-11-5-6-13(14(8-11)26-2)21-17-15(22(23)24)16(19-10-20-17)18-9-12-4-3-7-27-12/h5-6,8,10,12H,3-4,7,9H2,1-2H3,(H2,18,19,20,21). The SMILES string of the molecule is COc1ccc(Nc2ncnc(NCC3CCCO3)c2[N+](=O)[O-])c(OC)c1. The number of benzene rings is 1. The van der Waals surface area contributed by atoms with Gasteiger partial charge in [0, 0.05) is 19.2 Å². The first-order valence-corrected chi connectivity index (χ1v) is 8.46. The Morgan fingerprint density at radius 2 is 2.11 bits per heavy atom. The summed E-state index contributed by atoms with van der Waals surface area (Å²) in [4.78, 5) is 19.2. The number of anilines is 3. The van der Waals surface area contributed by atoms with Crippen LogP contribution >= 0.6 is 0 Å². The average Bonchev–Trinajstić information content (AvgIpc) is 3.20. The molecule has 2 N–H and O–H groups in total. The first kappa shape index (κ1) is 18.6. The van der Waals surface area contributed by atoms with Crippen LogP contribution in [0.25, 0.3) is 0 Å². The van der Waals surface area contributed by atoms with Gasteiger partial charge in [0.05, 0.1) is 30.9 Å². The molecule has 0 saturated carbocycles. The third-order valence-electron chi connectivity index (χ3n) is 4.19. The normalized spacial score (nSPS) is 16.0. The van der Waals surface area contributed by atoms with Crippen molar-refractivity contribution in [1.29, 1.82) is 0 Å². The molecule has 1 fully saturated rings. The highest BCUT2D eigenvalue weighted by atomic mass is 16.6. The Kier molecular flexibility index (Phi) is 5.87. The van der Waals surface area contributed by atoms with E-state index in [1.165, 1.54) is 13.4 Å². The van der Waals surface area contributed by atoms with Crippen molar-refractivity contribution in [3.8, 4) is 11.5 Å². The summed E-state index contributed by atoms with van der Waals surface area (Å²) in [5, 5.41) is 17.6. The molecule has 1 aliphatic heterocycles. The van der Waals surface area contributed by atoms with Gasteiger partial charge in [-0.25, -0.2) is 9.97 Å². The fourth-order valence-electron chi connectivity index (χ4n) is 2.82. The number of hydrogen-bond acceptors (Lipinski definition) is 9. The third kappa shape index (κ3) is 4.34. The summed E-state index contributed by atoms with van der Waals surface area (Å²) in [5.41, 5.74) is 0.276. The largest absolute Gasteiger partial charge is 0.497 e. The Balaban J connectivity index is 1.86. The van der Waals surface area contributed by atoms with E-state index in [4.69, 9.17) is 14.2 Å². The first-order chi connectivity index (χ1) is 13.1. The maximum absolute atomic E-state index is 11.6. The maximum atomic E-state index is 11.6. The summed E-state index contributed by atoms with van der Waals surface area (Å²) < 4.78 is 16.0. The van der Waals surface area contributed by atoms with Crippen molar-refractivity contribution in [3.63, 3.8) is 0 Å². The van der Waals surface area contributed by atoms with Crippen molar-refractivity contribution in [2.75, 3.05) is 38.0 Å². The summed E-state index contributed by atoms with van der Waals surface area (Å²) in [6.07, 6.45) is 3.20. The Morgan fingerprint density at radius 1 is 1.30 bits per heavy atom. The van der Waals surface area contributed by atoms with E-state index in [2.05, 4.69) is 20.6 Å². The summed E-state index contributed by atoms with van der Waals surface area (Å²) in [6.45, 7) is 1.16. The molecule has 1 unspecified atom stereocenters. The van der Waals surface area contributed by atoms with Gasteiger partial charge in [-0.15, -0.1) is 0 Å². The Morgan fingerprint density at radius 3 is 2.78 bits per heavy atom. The molecule has 1 aromatic carbocycles. The van der Waals surface area contributed by atoms with Crippen molar-refractivity contribution in [1.82, 2.24) is 9.97 Å². The number of ether oxygens (including phenoxy) is 3. The zero-order valence-corrected chi connectivity index (χ0v) is 15.1. The Hall–Kier alpha value is -3.14. The van der Waals surface area contributed by atoms with E-state index in [1.807, 2.05) is 0 Å². The number of rotatable bonds is 8. The third-order valence-corrected chi connectivity index (χ3v) is 4.19. The van der Waals surface area contributed by atoms with Crippen LogP contribution in [0.3, 0.4) is 0 Å². The predicted molar refractivity (Wildman–Crippen MR) is 99.0 cm³/mol. The highest BCUT2D eigenvalue weighted by Gasteiger charge is 2.25. The minimum Gasteiger partial charge on any atom is -0.497 e. The highest BCUT2D eigenvalue weighted by molar-refractivity contribution is 5.76. The van der Waals surface area contributed by atoms with E-state index in [1.54, 1.807) is 25.3 Å². The number of methoxy groups -OCH3 is 2. The van der Waals surface area contributed by atoms with Gasteiger partial charge in [-0.1, -0.05) is 0 Å². The monoisotopic (exact) mass is 375 g/mol. The molecule has 3 rings (SSSR count).